The van der Waals surface area contributed by atoms with E-state index < -0.39 is 0 Å². The van der Waals surface area contributed by atoms with E-state index in [1.807, 2.05) is 32.9 Å². The molecule has 1 atom stereocenters. The third-order valence-corrected chi connectivity index (χ3v) is 2.82. The van der Waals surface area contributed by atoms with Gasteiger partial charge in [-0.25, -0.2) is 0 Å². The molecule has 18 heavy (non-hydrogen) atoms. The molecule has 0 saturated carbocycles. The topological polar surface area (TPSA) is 61.7 Å². The van der Waals surface area contributed by atoms with Crippen molar-refractivity contribution in [3.05, 3.63) is 23.8 Å². The van der Waals surface area contributed by atoms with Crippen LogP contribution in [0.4, 0.5) is 0 Å². The van der Waals surface area contributed by atoms with Crippen LogP contribution < -0.4 is 10.1 Å². The maximum atomic E-state index is 9.97. The number of aromatic hydroxyl groups is 1. The Balaban J connectivity index is 2.54. The Bertz CT molecular complexity index is 366. The Morgan fingerprint density at radius 2 is 2.06 bits per heavy atom. The smallest absolute Gasteiger partial charge is 0.162 e. The van der Waals surface area contributed by atoms with E-state index in [0.29, 0.717) is 25.4 Å². The number of phenols is 1. The summed E-state index contributed by atoms with van der Waals surface area (Å²) in [6.07, 6.45) is -0.373. The molecule has 4 heteroatoms. The SMILES string of the molecule is CCOc1cccc(CNCC(O)C(C)C)c1O. The zero-order valence-electron chi connectivity index (χ0n) is 11.3. The van der Waals surface area contributed by atoms with Gasteiger partial charge in [-0.3, -0.25) is 0 Å². The Morgan fingerprint density at radius 3 is 2.67 bits per heavy atom. The van der Waals surface area contributed by atoms with Crippen LogP contribution in [0.5, 0.6) is 11.5 Å². The second-order valence-corrected chi connectivity index (χ2v) is 4.64. The van der Waals surface area contributed by atoms with Gasteiger partial charge < -0.3 is 20.3 Å². The van der Waals surface area contributed by atoms with Crippen molar-refractivity contribution < 1.29 is 14.9 Å². The second-order valence-electron chi connectivity index (χ2n) is 4.64. The number of benzene rings is 1. The molecule has 0 fully saturated rings. The monoisotopic (exact) mass is 253 g/mol. The van der Waals surface area contributed by atoms with Crippen LogP contribution in [-0.4, -0.2) is 29.5 Å². The van der Waals surface area contributed by atoms with Crippen molar-refractivity contribution >= 4 is 0 Å². The lowest BCUT2D eigenvalue weighted by Crippen LogP contribution is -2.30. The summed E-state index contributed by atoms with van der Waals surface area (Å²) in [7, 11) is 0. The quantitative estimate of drug-likeness (QED) is 0.694. The van der Waals surface area contributed by atoms with E-state index in [4.69, 9.17) is 4.74 Å². The minimum absolute atomic E-state index is 0.172. The van der Waals surface area contributed by atoms with E-state index in [2.05, 4.69) is 5.32 Å². The van der Waals surface area contributed by atoms with Crippen LogP contribution in [0.2, 0.25) is 0 Å². The summed E-state index contributed by atoms with van der Waals surface area (Å²) in [6, 6.07) is 5.43. The van der Waals surface area contributed by atoms with Crippen molar-refractivity contribution in [3.63, 3.8) is 0 Å². The summed E-state index contributed by atoms with van der Waals surface area (Å²) in [4.78, 5) is 0. The van der Waals surface area contributed by atoms with Gasteiger partial charge in [0.2, 0.25) is 0 Å². The third-order valence-electron chi connectivity index (χ3n) is 2.82. The van der Waals surface area contributed by atoms with Crippen molar-refractivity contribution in [2.45, 2.75) is 33.4 Å². The Labute approximate surface area is 109 Å². The average Bonchev–Trinajstić information content (AvgIpc) is 2.33. The average molecular weight is 253 g/mol. The highest BCUT2D eigenvalue weighted by Crippen LogP contribution is 2.29. The van der Waals surface area contributed by atoms with E-state index >= 15 is 0 Å². The number of phenolic OH excluding ortho intramolecular Hbond substituents is 1. The fourth-order valence-electron chi connectivity index (χ4n) is 1.57. The first-order valence-electron chi connectivity index (χ1n) is 6.38. The summed E-state index contributed by atoms with van der Waals surface area (Å²) in [6.45, 7) is 7.37. The summed E-state index contributed by atoms with van der Waals surface area (Å²) >= 11 is 0. The highest BCUT2D eigenvalue weighted by Gasteiger charge is 2.10. The molecule has 1 aromatic rings. The number of ether oxygens (including phenoxy) is 1. The molecule has 1 aromatic carbocycles. The number of hydrogen-bond acceptors (Lipinski definition) is 4. The van der Waals surface area contributed by atoms with E-state index in [9.17, 15) is 10.2 Å². The van der Waals surface area contributed by atoms with Crippen LogP contribution in [-0.2, 0) is 6.54 Å². The summed E-state index contributed by atoms with van der Waals surface area (Å²) in [5.41, 5.74) is 0.775. The fourth-order valence-corrected chi connectivity index (χ4v) is 1.57. The van der Waals surface area contributed by atoms with Crippen molar-refractivity contribution in [2.24, 2.45) is 5.92 Å². The first-order chi connectivity index (χ1) is 8.56. The summed E-state index contributed by atoms with van der Waals surface area (Å²) in [5.74, 6) is 0.896. The van der Waals surface area contributed by atoms with Gasteiger partial charge in [0.25, 0.3) is 0 Å². The molecule has 0 amide bonds. The van der Waals surface area contributed by atoms with Crippen molar-refractivity contribution in [1.29, 1.82) is 0 Å². The molecule has 0 bridgehead atoms. The molecule has 3 N–H and O–H groups in total. The molecule has 102 valence electrons. The van der Waals surface area contributed by atoms with Gasteiger partial charge in [0.05, 0.1) is 12.7 Å². The molecule has 1 unspecified atom stereocenters. The lowest BCUT2D eigenvalue weighted by Gasteiger charge is -2.16. The Kier molecular flexibility index (Phi) is 5.95. The van der Waals surface area contributed by atoms with Crippen LogP contribution in [0.15, 0.2) is 18.2 Å². The molecular formula is C14H23NO3. The number of para-hydroxylation sites is 1. The normalized spacial score (nSPS) is 12.7. The molecule has 1 rings (SSSR count). The molecule has 0 aliphatic rings. The minimum atomic E-state index is -0.373. The lowest BCUT2D eigenvalue weighted by molar-refractivity contribution is 0.123. The summed E-state index contributed by atoms with van der Waals surface area (Å²) < 4.78 is 5.32. The van der Waals surface area contributed by atoms with Gasteiger partial charge >= 0.3 is 0 Å². The molecule has 0 aromatic heterocycles. The Morgan fingerprint density at radius 1 is 1.33 bits per heavy atom. The highest BCUT2D eigenvalue weighted by atomic mass is 16.5. The predicted octanol–water partition coefficient (Wildman–Crippen LogP) is 1.90. The molecule has 0 radical (unpaired) electrons. The van der Waals surface area contributed by atoms with Gasteiger partial charge in [-0.1, -0.05) is 26.0 Å². The van der Waals surface area contributed by atoms with Crippen LogP contribution in [0.25, 0.3) is 0 Å². The first kappa shape index (κ1) is 14.8. The molecule has 0 saturated heterocycles. The molecule has 0 heterocycles. The number of aliphatic hydroxyl groups excluding tert-OH is 1. The Hall–Kier alpha value is -1.26. The third kappa shape index (κ3) is 4.20. The van der Waals surface area contributed by atoms with Crippen LogP contribution >= 0.6 is 0 Å². The summed E-state index contributed by atoms with van der Waals surface area (Å²) in [5, 5.41) is 22.8. The lowest BCUT2D eigenvalue weighted by atomic mass is 10.1. The van der Waals surface area contributed by atoms with Gasteiger partial charge in [-0.15, -0.1) is 0 Å². The van der Waals surface area contributed by atoms with E-state index in [-0.39, 0.29) is 17.8 Å². The van der Waals surface area contributed by atoms with E-state index in [1.54, 1.807) is 6.07 Å². The van der Waals surface area contributed by atoms with E-state index in [1.165, 1.54) is 0 Å². The highest BCUT2D eigenvalue weighted by molar-refractivity contribution is 5.45. The van der Waals surface area contributed by atoms with Gasteiger partial charge in [0, 0.05) is 18.7 Å². The molecule has 0 aliphatic carbocycles. The number of rotatable bonds is 7. The second kappa shape index (κ2) is 7.24. The van der Waals surface area contributed by atoms with Crippen LogP contribution in [0, 0.1) is 5.92 Å². The predicted molar refractivity (Wildman–Crippen MR) is 71.8 cm³/mol. The maximum Gasteiger partial charge on any atom is 0.162 e. The van der Waals surface area contributed by atoms with Crippen molar-refractivity contribution in [2.75, 3.05) is 13.2 Å². The van der Waals surface area contributed by atoms with E-state index in [0.717, 1.165) is 5.56 Å². The van der Waals surface area contributed by atoms with Gasteiger partial charge in [0.1, 0.15) is 0 Å². The minimum Gasteiger partial charge on any atom is -0.504 e. The van der Waals surface area contributed by atoms with Gasteiger partial charge in [-0.05, 0) is 18.9 Å². The van der Waals surface area contributed by atoms with Crippen molar-refractivity contribution in [3.8, 4) is 11.5 Å². The largest absolute Gasteiger partial charge is 0.504 e. The van der Waals surface area contributed by atoms with Crippen LogP contribution in [0.1, 0.15) is 26.3 Å². The standard InChI is InChI=1S/C14H23NO3/c1-4-18-13-7-5-6-11(14(13)17)8-15-9-12(16)10(2)3/h5-7,10,12,15-17H,4,8-9H2,1-3H3. The number of aliphatic hydroxyl groups is 1. The molecule has 4 nitrogen and oxygen atoms in total. The zero-order valence-corrected chi connectivity index (χ0v) is 11.3. The molecule has 0 aliphatic heterocycles. The molecule has 0 spiro atoms. The van der Waals surface area contributed by atoms with Gasteiger partial charge in [0.15, 0.2) is 11.5 Å². The van der Waals surface area contributed by atoms with Crippen molar-refractivity contribution in [1.82, 2.24) is 5.32 Å². The van der Waals surface area contributed by atoms with Crippen LogP contribution in [0.3, 0.4) is 0 Å². The first-order valence-corrected chi connectivity index (χ1v) is 6.38. The fraction of sp³-hybridized carbons (Fsp3) is 0.571. The number of hydrogen-bond donors (Lipinski definition) is 3. The van der Waals surface area contributed by atoms with Gasteiger partial charge in [-0.2, -0.15) is 0 Å². The molecular weight excluding hydrogens is 230 g/mol. The zero-order chi connectivity index (χ0) is 13.5. The number of nitrogens with one attached hydrogen (secondary N) is 1. The maximum absolute atomic E-state index is 9.97.